The van der Waals surface area contributed by atoms with Crippen LogP contribution in [-0.2, 0) is 11.3 Å². The van der Waals surface area contributed by atoms with E-state index in [9.17, 15) is 13.6 Å². The van der Waals surface area contributed by atoms with Crippen molar-refractivity contribution < 1.29 is 18.3 Å². The number of ether oxygens (including phenoxy) is 1. The Morgan fingerprint density at radius 1 is 1.48 bits per heavy atom. The molecular weight excluding hydrogens is 278 g/mol. The van der Waals surface area contributed by atoms with Gasteiger partial charge in [-0.3, -0.25) is 4.79 Å². The third kappa shape index (κ3) is 4.67. The van der Waals surface area contributed by atoms with Gasteiger partial charge in [-0.05, 0) is 32.4 Å². The molecule has 1 heterocycles. The maximum Gasteiger partial charge on any atom is 0.387 e. The highest BCUT2D eigenvalue weighted by atomic mass is 19.3. The summed E-state index contributed by atoms with van der Waals surface area (Å²) in [6, 6.07) is 6.82. The van der Waals surface area contributed by atoms with E-state index in [1.54, 1.807) is 18.2 Å². The van der Waals surface area contributed by atoms with Crippen molar-refractivity contribution in [2.45, 2.75) is 39.0 Å². The Morgan fingerprint density at radius 2 is 2.24 bits per heavy atom. The molecule has 6 heteroatoms. The third-order valence-electron chi connectivity index (χ3n) is 3.64. The van der Waals surface area contributed by atoms with Crippen molar-refractivity contribution in [1.29, 1.82) is 0 Å². The molecule has 1 saturated heterocycles. The highest BCUT2D eigenvalue weighted by Crippen LogP contribution is 2.21. The number of rotatable bonds is 5. The summed E-state index contributed by atoms with van der Waals surface area (Å²) in [6.45, 7) is 0.197. The van der Waals surface area contributed by atoms with Crippen molar-refractivity contribution in [1.82, 2.24) is 10.6 Å². The maximum atomic E-state index is 12.3. The summed E-state index contributed by atoms with van der Waals surface area (Å²) in [5, 5.41) is 6.10. The SMILES string of the molecule is C[C@H]1C[C@@H](C(=O)NCc2ccccc2OC(F)F)CCN1. The van der Waals surface area contributed by atoms with Crippen LogP contribution in [0.3, 0.4) is 0 Å². The van der Waals surface area contributed by atoms with E-state index >= 15 is 0 Å². The van der Waals surface area contributed by atoms with Gasteiger partial charge in [-0.25, -0.2) is 0 Å². The Kier molecular flexibility index (Phi) is 5.50. The second-order valence-electron chi connectivity index (χ2n) is 5.28. The summed E-state index contributed by atoms with van der Waals surface area (Å²) in [6.07, 6.45) is 1.59. The molecule has 0 aliphatic carbocycles. The fourth-order valence-electron chi connectivity index (χ4n) is 2.56. The van der Waals surface area contributed by atoms with Crippen LogP contribution in [0.1, 0.15) is 25.3 Å². The number of amides is 1. The van der Waals surface area contributed by atoms with Gasteiger partial charge in [-0.1, -0.05) is 18.2 Å². The topological polar surface area (TPSA) is 50.4 Å². The number of hydrogen-bond acceptors (Lipinski definition) is 3. The number of benzene rings is 1. The molecule has 0 spiro atoms. The van der Waals surface area contributed by atoms with Gasteiger partial charge < -0.3 is 15.4 Å². The molecule has 116 valence electrons. The minimum atomic E-state index is -2.87. The van der Waals surface area contributed by atoms with Crippen LogP contribution in [0.4, 0.5) is 8.78 Å². The van der Waals surface area contributed by atoms with Gasteiger partial charge in [-0.2, -0.15) is 8.78 Å². The average Bonchev–Trinajstić information content (AvgIpc) is 2.45. The van der Waals surface area contributed by atoms with Crippen LogP contribution in [0.25, 0.3) is 0 Å². The molecule has 0 bridgehead atoms. The highest BCUT2D eigenvalue weighted by Gasteiger charge is 2.24. The lowest BCUT2D eigenvalue weighted by atomic mass is 9.92. The Morgan fingerprint density at radius 3 is 2.95 bits per heavy atom. The number of alkyl halides is 2. The summed E-state index contributed by atoms with van der Waals surface area (Å²) in [4.78, 5) is 12.1. The number of piperidine rings is 1. The summed E-state index contributed by atoms with van der Waals surface area (Å²) in [5.41, 5.74) is 0.549. The van der Waals surface area contributed by atoms with Gasteiger partial charge >= 0.3 is 6.61 Å². The molecule has 2 atom stereocenters. The Bertz CT molecular complexity index is 482. The minimum absolute atomic E-state index is 0.0237. The molecule has 1 amide bonds. The van der Waals surface area contributed by atoms with Crippen LogP contribution in [0, 0.1) is 5.92 Å². The van der Waals surface area contributed by atoms with Gasteiger partial charge in [0, 0.05) is 24.1 Å². The van der Waals surface area contributed by atoms with E-state index in [0.717, 1.165) is 19.4 Å². The largest absolute Gasteiger partial charge is 0.434 e. The average molecular weight is 298 g/mol. The Labute approximate surface area is 122 Å². The first kappa shape index (κ1) is 15.7. The van der Waals surface area contributed by atoms with Crippen LogP contribution in [0.5, 0.6) is 5.75 Å². The smallest absolute Gasteiger partial charge is 0.387 e. The molecule has 0 aromatic heterocycles. The normalized spacial score (nSPS) is 22.1. The first-order chi connectivity index (χ1) is 10.1. The molecule has 4 nitrogen and oxygen atoms in total. The first-order valence-electron chi connectivity index (χ1n) is 7.10. The summed E-state index contributed by atoms with van der Waals surface area (Å²) in [7, 11) is 0. The van der Waals surface area contributed by atoms with Crippen molar-refractivity contribution in [2.75, 3.05) is 6.54 Å². The number of halogens is 2. The molecule has 0 unspecified atom stereocenters. The van der Waals surface area contributed by atoms with E-state index in [1.165, 1.54) is 6.07 Å². The molecule has 21 heavy (non-hydrogen) atoms. The van der Waals surface area contributed by atoms with Crippen LogP contribution >= 0.6 is 0 Å². The van der Waals surface area contributed by atoms with E-state index in [4.69, 9.17) is 0 Å². The fourth-order valence-corrected chi connectivity index (χ4v) is 2.56. The number of carbonyl (C=O) groups is 1. The van der Waals surface area contributed by atoms with E-state index in [0.29, 0.717) is 11.6 Å². The van der Waals surface area contributed by atoms with Crippen LogP contribution in [-0.4, -0.2) is 25.1 Å². The van der Waals surface area contributed by atoms with Crippen LogP contribution in [0.2, 0.25) is 0 Å². The number of carbonyl (C=O) groups excluding carboxylic acids is 1. The van der Waals surface area contributed by atoms with Gasteiger partial charge in [0.2, 0.25) is 5.91 Å². The molecular formula is C15H20F2N2O2. The third-order valence-corrected chi connectivity index (χ3v) is 3.64. The zero-order chi connectivity index (χ0) is 15.2. The van der Waals surface area contributed by atoms with E-state index in [1.807, 2.05) is 6.92 Å². The maximum absolute atomic E-state index is 12.3. The molecule has 1 fully saturated rings. The molecule has 1 aliphatic rings. The molecule has 1 aromatic rings. The molecule has 2 rings (SSSR count). The van der Waals surface area contributed by atoms with Crippen LogP contribution in [0.15, 0.2) is 24.3 Å². The van der Waals surface area contributed by atoms with Crippen molar-refractivity contribution in [3.8, 4) is 5.75 Å². The first-order valence-corrected chi connectivity index (χ1v) is 7.10. The summed E-state index contributed by atoms with van der Waals surface area (Å²) < 4.78 is 29.1. The number of nitrogens with one attached hydrogen (secondary N) is 2. The molecule has 0 radical (unpaired) electrons. The molecule has 2 N–H and O–H groups in total. The molecule has 1 aliphatic heterocycles. The monoisotopic (exact) mass is 298 g/mol. The fraction of sp³-hybridized carbons (Fsp3) is 0.533. The zero-order valence-corrected chi connectivity index (χ0v) is 11.9. The van der Waals surface area contributed by atoms with Gasteiger partial charge in [0.15, 0.2) is 0 Å². The Balaban J connectivity index is 1.91. The lowest BCUT2D eigenvalue weighted by Gasteiger charge is -2.27. The zero-order valence-electron chi connectivity index (χ0n) is 11.9. The van der Waals surface area contributed by atoms with Crippen molar-refractivity contribution >= 4 is 5.91 Å². The minimum Gasteiger partial charge on any atom is -0.434 e. The standard InChI is InChI=1S/C15H20F2N2O2/c1-10-8-11(6-7-18-10)14(20)19-9-12-4-2-3-5-13(12)21-15(16)17/h2-5,10-11,15,18H,6-9H2,1H3,(H,19,20)/t10-,11-/m0/s1. The Hall–Kier alpha value is -1.69. The van der Waals surface area contributed by atoms with E-state index < -0.39 is 6.61 Å². The van der Waals surface area contributed by atoms with Crippen molar-refractivity contribution in [2.24, 2.45) is 5.92 Å². The van der Waals surface area contributed by atoms with Gasteiger partial charge in [0.05, 0.1) is 0 Å². The van der Waals surface area contributed by atoms with Gasteiger partial charge in [-0.15, -0.1) is 0 Å². The second kappa shape index (κ2) is 7.36. The van der Waals surface area contributed by atoms with E-state index in [2.05, 4.69) is 15.4 Å². The van der Waals surface area contributed by atoms with Gasteiger partial charge in [0.1, 0.15) is 5.75 Å². The summed E-state index contributed by atoms with van der Waals surface area (Å²) >= 11 is 0. The quantitative estimate of drug-likeness (QED) is 0.877. The van der Waals surface area contributed by atoms with Gasteiger partial charge in [0.25, 0.3) is 0 Å². The van der Waals surface area contributed by atoms with Crippen molar-refractivity contribution in [3.05, 3.63) is 29.8 Å². The molecule has 1 aromatic carbocycles. The second-order valence-corrected chi connectivity index (χ2v) is 5.28. The summed E-state index contributed by atoms with van der Waals surface area (Å²) in [5.74, 6) is 0.0473. The van der Waals surface area contributed by atoms with Crippen molar-refractivity contribution in [3.63, 3.8) is 0 Å². The number of para-hydroxylation sites is 1. The predicted octanol–water partition coefficient (Wildman–Crippen LogP) is 2.29. The lowest BCUT2D eigenvalue weighted by Crippen LogP contribution is -2.42. The molecule has 0 saturated carbocycles. The highest BCUT2D eigenvalue weighted by molar-refractivity contribution is 5.78. The van der Waals surface area contributed by atoms with E-state index in [-0.39, 0.29) is 24.1 Å². The number of hydrogen-bond donors (Lipinski definition) is 2. The predicted molar refractivity (Wildman–Crippen MR) is 75.1 cm³/mol. The van der Waals surface area contributed by atoms with Crippen LogP contribution < -0.4 is 15.4 Å². The lowest BCUT2D eigenvalue weighted by molar-refractivity contribution is -0.126.